The van der Waals surface area contributed by atoms with Crippen molar-refractivity contribution in [2.75, 3.05) is 7.11 Å². The molecule has 1 aromatic rings. The average molecular weight is 207 g/mol. The normalized spacial score (nSPS) is 10.1. The zero-order valence-electron chi connectivity index (χ0n) is 9.54. The molecule has 0 saturated heterocycles. The third-order valence-corrected chi connectivity index (χ3v) is 2.49. The fraction of sp³-hybridized carbons (Fsp3) is 0.500. The Hall–Kier alpha value is -1.38. The van der Waals surface area contributed by atoms with Crippen LogP contribution in [0.2, 0.25) is 0 Å². The Balaban J connectivity index is 2.85. The highest BCUT2D eigenvalue weighted by atomic mass is 16.5. The molecule has 0 N–H and O–H groups in total. The number of carbonyl (C=O) groups excluding carboxylic acids is 1. The van der Waals surface area contributed by atoms with Gasteiger partial charge in [0.25, 0.3) is 0 Å². The van der Waals surface area contributed by atoms with Crippen molar-refractivity contribution in [2.24, 2.45) is 0 Å². The number of hydrogen-bond acceptors (Lipinski definition) is 3. The molecule has 3 nitrogen and oxygen atoms in total. The van der Waals surface area contributed by atoms with Crippen LogP contribution >= 0.6 is 0 Å². The van der Waals surface area contributed by atoms with E-state index in [0.29, 0.717) is 6.42 Å². The largest absolute Gasteiger partial charge is 0.496 e. The van der Waals surface area contributed by atoms with Crippen molar-refractivity contribution >= 4 is 6.29 Å². The summed E-state index contributed by atoms with van der Waals surface area (Å²) in [5.74, 6) is 0.908. The molecule has 82 valence electrons. The monoisotopic (exact) mass is 207 g/mol. The fourth-order valence-electron chi connectivity index (χ4n) is 1.68. The maximum absolute atomic E-state index is 10.2. The van der Waals surface area contributed by atoms with E-state index in [1.165, 1.54) is 0 Å². The van der Waals surface area contributed by atoms with Gasteiger partial charge in [-0.1, -0.05) is 0 Å². The summed E-state index contributed by atoms with van der Waals surface area (Å²) in [5, 5.41) is 0. The molecule has 0 aliphatic heterocycles. The highest BCUT2D eigenvalue weighted by Crippen LogP contribution is 2.24. The van der Waals surface area contributed by atoms with Crippen LogP contribution in [0, 0.1) is 13.8 Å². The van der Waals surface area contributed by atoms with Gasteiger partial charge in [-0.25, -0.2) is 0 Å². The molecule has 0 bridgehead atoms. The second-order valence-electron chi connectivity index (χ2n) is 3.61. The number of ether oxygens (including phenoxy) is 1. The maximum atomic E-state index is 10.2. The molecule has 0 aliphatic carbocycles. The fourth-order valence-corrected chi connectivity index (χ4v) is 1.68. The predicted molar refractivity (Wildman–Crippen MR) is 59.3 cm³/mol. The third kappa shape index (κ3) is 2.78. The van der Waals surface area contributed by atoms with Crippen molar-refractivity contribution in [3.05, 3.63) is 23.0 Å². The third-order valence-electron chi connectivity index (χ3n) is 2.49. The van der Waals surface area contributed by atoms with Crippen LogP contribution in [0.5, 0.6) is 5.75 Å². The van der Waals surface area contributed by atoms with E-state index in [9.17, 15) is 4.79 Å². The van der Waals surface area contributed by atoms with Gasteiger partial charge in [0, 0.05) is 29.4 Å². The number of pyridine rings is 1. The molecule has 0 fully saturated rings. The molecule has 15 heavy (non-hydrogen) atoms. The molecule has 0 amide bonds. The Kier molecular flexibility index (Phi) is 4.28. The van der Waals surface area contributed by atoms with Crippen molar-refractivity contribution in [1.29, 1.82) is 0 Å². The van der Waals surface area contributed by atoms with Crippen LogP contribution in [-0.2, 0) is 11.2 Å². The van der Waals surface area contributed by atoms with Gasteiger partial charge in [-0.05, 0) is 26.7 Å². The number of methoxy groups -OCH3 is 1. The number of unbranched alkanes of at least 4 members (excludes halogenated alkanes) is 1. The van der Waals surface area contributed by atoms with E-state index in [1.807, 2.05) is 20.0 Å². The lowest BCUT2D eigenvalue weighted by atomic mass is 10.1. The second kappa shape index (κ2) is 5.49. The molecule has 0 saturated carbocycles. The Morgan fingerprint density at radius 1 is 1.47 bits per heavy atom. The number of rotatable bonds is 5. The van der Waals surface area contributed by atoms with Crippen LogP contribution < -0.4 is 4.74 Å². The van der Waals surface area contributed by atoms with Crippen LogP contribution in [0.1, 0.15) is 29.7 Å². The summed E-state index contributed by atoms with van der Waals surface area (Å²) >= 11 is 0. The summed E-state index contributed by atoms with van der Waals surface area (Å²) in [6.45, 7) is 3.99. The minimum atomic E-state index is 0.595. The van der Waals surface area contributed by atoms with Crippen molar-refractivity contribution in [3.8, 4) is 5.75 Å². The van der Waals surface area contributed by atoms with Gasteiger partial charge < -0.3 is 9.53 Å². The lowest BCUT2D eigenvalue weighted by molar-refractivity contribution is -0.107. The number of aryl methyl sites for hydroxylation is 2. The Morgan fingerprint density at radius 2 is 2.20 bits per heavy atom. The van der Waals surface area contributed by atoms with Gasteiger partial charge in [0.1, 0.15) is 12.0 Å². The van der Waals surface area contributed by atoms with Crippen LogP contribution in [0.3, 0.4) is 0 Å². The number of aldehydes is 1. The van der Waals surface area contributed by atoms with Crippen LogP contribution in [0.15, 0.2) is 6.20 Å². The predicted octanol–water partition coefficient (Wildman–Crippen LogP) is 2.23. The van der Waals surface area contributed by atoms with Gasteiger partial charge in [-0.15, -0.1) is 0 Å². The summed E-state index contributed by atoms with van der Waals surface area (Å²) in [5.41, 5.74) is 3.16. The van der Waals surface area contributed by atoms with Crippen LogP contribution in [-0.4, -0.2) is 18.4 Å². The van der Waals surface area contributed by atoms with E-state index in [0.717, 1.165) is 41.7 Å². The first kappa shape index (κ1) is 11.7. The summed E-state index contributed by atoms with van der Waals surface area (Å²) in [6.07, 6.45) is 5.05. The van der Waals surface area contributed by atoms with E-state index in [2.05, 4.69) is 4.98 Å². The molecule has 1 rings (SSSR count). The molecule has 0 radical (unpaired) electrons. The van der Waals surface area contributed by atoms with Gasteiger partial charge in [0.15, 0.2) is 0 Å². The SMILES string of the molecule is COc1c(C)cnc(CCCC=O)c1C. The minimum absolute atomic E-state index is 0.595. The highest BCUT2D eigenvalue weighted by Gasteiger charge is 2.08. The maximum Gasteiger partial charge on any atom is 0.128 e. The van der Waals surface area contributed by atoms with E-state index in [1.54, 1.807) is 7.11 Å². The summed E-state index contributed by atoms with van der Waals surface area (Å²) in [4.78, 5) is 14.6. The molecule has 0 atom stereocenters. The van der Waals surface area contributed by atoms with Crippen molar-refractivity contribution in [2.45, 2.75) is 33.1 Å². The average Bonchev–Trinajstić information content (AvgIpc) is 2.22. The standard InChI is InChI=1S/C12H17NO2/c1-9-8-13-11(6-4-5-7-14)10(2)12(9)15-3/h7-8H,4-6H2,1-3H3. The van der Waals surface area contributed by atoms with Crippen molar-refractivity contribution in [3.63, 3.8) is 0 Å². The molecular formula is C12H17NO2. The number of aromatic nitrogens is 1. The Labute approximate surface area is 90.5 Å². The molecule has 1 aromatic heterocycles. The smallest absolute Gasteiger partial charge is 0.128 e. The van der Waals surface area contributed by atoms with E-state index >= 15 is 0 Å². The summed E-state index contributed by atoms with van der Waals surface area (Å²) in [6, 6.07) is 0. The lowest BCUT2D eigenvalue weighted by Gasteiger charge is -2.11. The molecule has 3 heteroatoms. The van der Waals surface area contributed by atoms with Crippen LogP contribution in [0.4, 0.5) is 0 Å². The highest BCUT2D eigenvalue weighted by molar-refractivity contribution is 5.49. The molecule has 0 spiro atoms. The topological polar surface area (TPSA) is 39.2 Å². The van der Waals surface area contributed by atoms with E-state index < -0.39 is 0 Å². The van der Waals surface area contributed by atoms with Crippen molar-refractivity contribution in [1.82, 2.24) is 4.98 Å². The molecular weight excluding hydrogens is 190 g/mol. The minimum Gasteiger partial charge on any atom is -0.496 e. The van der Waals surface area contributed by atoms with Gasteiger partial charge in [-0.2, -0.15) is 0 Å². The van der Waals surface area contributed by atoms with Crippen molar-refractivity contribution < 1.29 is 9.53 Å². The van der Waals surface area contributed by atoms with Gasteiger partial charge in [0.2, 0.25) is 0 Å². The van der Waals surface area contributed by atoms with Gasteiger partial charge in [0.05, 0.1) is 7.11 Å². The van der Waals surface area contributed by atoms with Gasteiger partial charge in [-0.3, -0.25) is 4.98 Å². The first-order valence-corrected chi connectivity index (χ1v) is 5.13. The zero-order valence-corrected chi connectivity index (χ0v) is 9.54. The first-order valence-electron chi connectivity index (χ1n) is 5.13. The Morgan fingerprint density at radius 3 is 2.80 bits per heavy atom. The van der Waals surface area contributed by atoms with E-state index in [4.69, 9.17) is 4.74 Å². The molecule has 1 heterocycles. The van der Waals surface area contributed by atoms with Gasteiger partial charge >= 0.3 is 0 Å². The summed E-state index contributed by atoms with van der Waals surface area (Å²) < 4.78 is 5.31. The number of nitrogens with zero attached hydrogens (tertiary/aromatic N) is 1. The lowest BCUT2D eigenvalue weighted by Crippen LogP contribution is -2.00. The molecule has 0 unspecified atom stereocenters. The summed E-state index contributed by atoms with van der Waals surface area (Å²) in [7, 11) is 1.67. The van der Waals surface area contributed by atoms with E-state index in [-0.39, 0.29) is 0 Å². The Bertz CT molecular complexity index is 348. The second-order valence-corrected chi connectivity index (χ2v) is 3.61. The molecule has 0 aromatic carbocycles. The number of carbonyl (C=O) groups is 1. The molecule has 0 aliphatic rings. The number of hydrogen-bond donors (Lipinski definition) is 0. The van der Waals surface area contributed by atoms with Crippen LogP contribution in [0.25, 0.3) is 0 Å². The quantitative estimate of drug-likeness (QED) is 0.549. The zero-order chi connectivity index (χ0) is 11.3. The first-order chi connectivity index (χ1) is 7.20.